The molecule has 2 rings (SSSR count). The van der Waals surface area contributed by atoms with Crippen molar-refractivity contribution in [1.29, 1.82) is 0 Å². The second-order valence-electron chi connectivity index (χ2n) is 5.47. The minimum atomic E-state index is 0.114. The molecule has 0 fully saturated rings. The maximum Gasteiger partial charge on any atom is 0.0387 e. The van der Waals surface area contributed by atoms with Crippen molar-refractivity contribution >= 4 is 11.8 Å². The van der Waals surface area contributed by atoms with Gasteiger partial charge in [0.2, 0.25) is 0 Å². The summed E-state index contributed by atoms with van der Waals surface area (Å²) in [6, 6.07) is 15.3. The van der Waals surface area contributed by atoms with Crippen LogP contribution in [0.1, 0.15) is 33.9 Å². The molecule has 0 aliphatic heterocycles. The van der Waals surface area contributed by atoms with Crippen LogP contribution in [-0.4, -0.2) is 5.75 Å². The molecule has 0 bridgehead atoms. The quantitative estimate of drug-likeness (QED) is 0.872. The van der Waals surface area contributed by atoms with Crippen LogP contribution in [0.5, 0.6) is 0 Å². The van der Waals surface area contributed by atoms with Gasteiger partial charge in [0.25, 0.3) is 0 Å². The zero-order valence-corrected chi connectivity index (χ0v) is 13.3. The second kappa shape index (κ2) is 6.96. The monoisotopic (exact) mass is 285 g/mol. The summed E-state index contributed by atoms with van der Waals surface area (Å²) in [6.45, 7) is 6.42. The number of hydrogen-bond acceptors (Lipinski definition) is 2. The van der Waals surface area contributed by atoms with E-state index in [0.717, 1.165) is 11.5 Å². The van der Waals surface area contributed by atoms with Crippen LogP contribution in [0.25, 0.3) is 0 Å². The van der Waals surface area contributed by atoms with Crippen LogP contribution in [0.4, 0.5) is 0 Å². The molecule has 0 saturated heterocycles. The predicted octanol–water partition coefficient (Wildman–Crippen LogP) is 4.55. The third-order valence-corrected chi connectivity index (χ3v) is 4.60. The Morgan fingerprint density at radius 1 is 1.00 bits per heavy atom. The molecule has 0 aliphatic rings. The van der Waals surface area contributed by atoms with E-state index in [1.807, 2.05) is 11.8 Å². The van der Waals surface area contributed by atoms with Gasteiger partial charge in [-0.15, -0.1) is 0 Å². The third-order valence-electron chi connectivity index (χ3n) is 3.49. The average molecular weight is 285 g/mol. The molecular weight excluding hydrogens is 262 g/mol. The fourth-order valence-electron chi connectivity index (χ4n) is 2.39. The first-order valence-electron chi connectivity index (χ1n) is 7.02. The number of rotatable bonds is 5. The number of aryl methyl sites for hydroxylation is 3. The smallest absolute Gasteiger partial charge is 0.0387 e. The highest BCUT2D eigenvalue weighted by Gasteiger charge is 2.08. The van der Waals surface area contributed by atoms with Gasteiger partial charge in [-0.05, 0) is 37.5 Å². The van der Waals surface area contributed by atoms with Gasteiger partial charge < -0.3 is 5.73 Å². The van der Waals surface area contributed by atoms with E-state index in [4.69, 9.17) is 5.73 Å². The Morgan fingerprint density at radius 2 is 1.65 bits per heavy atom. The molecule has 1 atom stereocenters. The Kier molecular flexibility index (Phi) is 5.27. The Hall–Kier alpha value is -1.25. The predicted molar refractivity (Wildman–Crippen MR) is 90.2 cm³/mol. The lowest BCUT2D eigenvalue weighted by molar-refractivity contribution is 0.828. The fourth-order valence-corrected chi connectivity index (χ4v) is 3.50. The van der Waals surface area contributed by atoms with Crippen molar-refractivity contribution in [3.8, 4) is 0 Å². The van der Waals surface area contributed by atoms with Gasteiger partial charge in [0, 0.05) is 17.5 Å². The van der Waals surface area contributed by atoms with Crippen LogP contribution >= 0.6 is 11.8 Å². The molecule has 2 aromatic carbocycles. The summed E-state index contributed by atoms with van der Waals surface area (Å²) in [5.74, 6) is 1.99. The van der Waals surface area contributed by atoms with E-state index in [0.29, 0.717) is 0 Å². The van der Waals surface area contributed by atoms with Crippen LogP contribution in [0.15, 0.2) is 42.5 Å². The molecule has 0 saturated carbocycles. The first kappa shape index (κ1) is 15.1. The van der Waals surface area contributed by atoms with E-state index in [1.165, 1.54) is 27.8 Å². The first-order valence-corrected chi connectivity index (χ1v) is 8.18. The largest absolute Gasteiger partial charge is 0.323 e. The molecule has 1 nitrogen and oxygen atoms in total. The standard InChI is InChI=1S/C18H23NS/c1-13-8-14(2)10-17(9-13)18(19)12-20-11-16-7-5-4-6-15(16)3/h4-10,18H,11-12,19H2,1-3H3. The van der Waals surface area contributed by atoms with Crippen molar-refractivity contribution in [2.24, 2.45) is 5.73 Å². The summed E-state index contributed by atoms with van der Waals surface area (Å²) < 4.78 is 0. The highest BCUT2D eigenvalue weighted by molar-refractivity contribution is 7.98. The van der Waals surface area contributed by atoms with Crippen LogP contribution < -0.4 is 5.73 Å². The maximum atomic E-state index is 6.31. The van der Waals surface area contributed by atoms with Crippen LogP contribution in [0.2, 0.25) is 0 Å². The summed E-state index contributed by atoms with van der Waals surface area (Å²) >= 11 is 1.91. The van der Waals surface area contributed by atoms with Crippen LogP contribution in [-0.2, 0) is 5.75 Å². The van der Waals surface area contributed by atoms with Crippen molar-refractivity contribution in [1.82, 2.24) is 0 Å². The van der Waals surface area contributed by atoms with Gasteiger partial charge in [0.05, 0.1) is 0 Å². The average Bonchev–Trinajstić information content (AvgIpc) is 2.39. The Balaban J connectivity index is 1.92. The molecule has 0 amide bonds. The Labute approximate surface area is 126 Å². The molecule has 106 valence electrons. The summed E-state index contributed by atoms with van der Waals surface area (Å²) in [4.78, 5) is 0. The zero-order chi connectivity index (χ0) is 14.5. The number of benzene rings is 2. The SMILES string of the molecule is Cc1cc(C)cc(C(N)CSCc2ccccc2C)c1. The van der Waals surface area contributed by atoms with E-state index in [9.17, 15) is 0 Å². The van der Waals surface area contributed by atoms with E-state index >= 15 is 0 Å². The summed E-state index contributed by atoms with van der Waals surface area (Å²) in [5.41, 5.74) is 12.9. The number of thioether (sulfide) groups is 1. The summed E-state index contributed by atoms with van der Waals surface area (Å²) in [5, 5.41) is 0. The molecule has 2 heteroatoms. The molecule has 2 aromatic rings. The molecule has 0 aliphatic carbocycles. The van der Waals surface area contributed by atoms with Crippen LogP contribution in [0, 0.1) is 20.8 Å². The highest BCUT2D eigenvalue weighted by atomic mass is 32.2. The summed E-state index contributed by atoms with van der Waals surface area (Å²) in [6.07, 6.45) is 0. The fraction of sp³-hybridized carbons (Fsp3) is 0.333. The van der Waals surface area contributed by atoms with Crippen molar-refractivity contribution < 1.29 is 0 Å². The molecule has 1 unspecified atom stereocenters. The number of nitrogens with two attached hydrogens (primary N) is 1. The molecule has 0 aromatic heterocycles. The molecule has 0 spiro atoms. The zero-order valence-electron chi connectivity index (χ0n) is 12.5. The lowest BCUT2D eigenvalue weighted by atomic mass is 10.0. The topological polar surface area (TPSA) is 26.0 Å². The van der Waals surface area contributed by atoms with Gasteiger partial charge >= 0.3 is 0 Å². The molecule has 0 heterocycles. The van der Waals surface area contributed by atoms with Gasteiger partial charge in [-0.2, -0.15) is 11.8 Å². The lowest BCUT2D eigenvalue weighted by Crippen LogP contribution is -2.13. The normalized spacial score (nSPS) is 12.4. The van der Waals surface area contributed by atoms with Crippen molar-refractivity contribution in [2.75, 3.05) is 5.75 Å². The Morgan fingerprint density at radius 3 is 2.30 bits per heavy atom. The number of hydrogen-bond donors (Lipinski definition) is 1. The minimum absolute atomic E-state index is 0.114. The van der Waals surface area contributed by atoms with Gasteiger partial charge in [-0.1, -0.05) is 53.6 Å². The maximum absolute atomic E-state index is 6.31. The molecule has 0 radical (unpaired) electrons. The van der Waals surface area contributed by atoms with Gasteiger partial charge in [-0.3, -0.25) is 0 Å². The van der Waals surface area contributed by atoms with E-state index < -0.39 is 0 Å². The summed E-state index contributed by atoms with van der Waals surface area (Å²) in [7, 11) is 0. The first-order chi connectivity index (χ1) is 9.56. The molecular formula is C18H23NS. The molecule has 2 N–H and O–H groups in total. The lowest BCUT2D eigenvalue weighted by Gasteiger charge is -2.14. The third kappa shape index (κ3) is 4.12. The van der Waals surface area contributed by atoms with Crippen molar-refractivity contribution in [2.45, 2.75) is 32.6 Å². The highest BCUT2D eigenvalue weighted by Crippen LogP contribution is 2.22. The minimum Gasteiger partial charge on any atom is -0.323 e. The van der Waals surface area contributed by atoms with Crippen molar-refractivity contribution in [3.05, 3.63) is 70.3 Å². The Bertz CT molecular complexity index is 557. The molecule has 20 heavy (non-hydrogen) atoms. The van der Waals surface area contributed by atoms with E-state index in [1.54, 1.807) is 0 Å². The van der Waals surface area contributed by atoms with E-state index in [-0.39, 0.29) is 6.04 Å². The second-order valence-corrected chi connectivity index (χ2v) is 6.50. The van der Waals surface area contributed by atoms with Gasteiger partial charge in [0.15, 0.2) is 0 Å². The van der Waals surface area contributed by atoms with Crippen molar-refractivity contribution in [3.63, 3.8) is 0 Å². The van der Waals surface area contributed by atoms with Crippen LogP contribution in [0.3, 0.4) is 0 Å². The van der Waals surface area contributed by atoms with E-state index in [2.05, 4.69) is 63.2 Å². The van der Waals surface area contributed by atoms with Gasteiger partial charge in [0.1, 0.15) is 0 Å². The van der Waals surface area contributed by atoms with Gasteiger partial charge in [-0.25, -0.2) is 0 Å².